The van der Waals surface area contributed by atoms with Crippen LogP contribution in [0.5, 0.6) is 5.75 Å². The summed E-state index contributed by atoms with van der Waals surface area (Å²) >= 11 is 0. The normalized spacial score (nSPS) is 16.3. The van der Waals surface area contributed by atoms with E-state index >= 15 is 0 Å². The maximum Gasteiger partial charge on any atom is 0.298 e. The molecule has 2 aliphatic rings. The van der Waals surface area contributed by atoms with E-state index in [0.29, 0.717) is 23.7 Å². The van der Waals surface area contributed by atoms with E-state index in [1.807, 2.05) is 79.9 Å². The molecule has 1 N–H and O–H groups in total. The van der Waals surface area contributed by atoms with E-state index in [-0.39, 0.29) is 6.04 Å². The summed E-state index contributed by atoms with van der Waals surface area (Å²) in [5, 5.41) is 2.79. The summed E-state index contributed by atoms with van der Waals surface area (Å²) in [6, 6.07) is 23.3. The van der Waals surface area contributed by atoms with Crippen LogP contribution < -0.4 is 19.9 Å². The molecule has 0 spiro atoms. The lowest BCUT2D eigenvalue weighted by Gasteiger charge is -2.46. The minimum Gasteiger partial charge on any atom is -0.489 e. The van der Waals surface area contributed by atoms with Gasteiger partial charge in [-0.2, -0.15) is 0 Å². The van der Waals surface area contributed by atoms with Gasteiger partial charge in [0.15, 0.2) is 0 Å². The van der Waals surface area contributed by atoms with Crippen molar-refractivity contribution < 1.29 is 14.3 Å². The van der Waals surface area contributed by atoms with Crippen LogP contribution in [0, 0.1) is 6.92 Å². The first kappa shape index (κ1) is 23.8. The molecule has 38 heavy (non-hydrogen) atoms. The van der Waals surface area contributed by atoms with E-state index in [1.165, 1.54) is 0 Å². The van der Waals surface area contributed by atoms with Gasteiger partial charge in [0, 0.05) is 55.9 Å². The van der Waals surface area contributed by atoms with Gasteiger partial charge in [0.25, 0.3) is 11.7 Å². The Bertz CT molecular complexity index is 1500. The fraction of sp³-hybridized carbons (Fsp3) is 0.233. The Morgan fingerprint density at radius 3 is 2.61 bits per heavy atom. The Labute approximate surface area is 221 Å². The Balaban J connectivity index is 1.18. The predicted octanol–water partition coefficient (Wildman–Crippen LogP) is 4.30. The number of hydrogen-bond donors (Lipinski definition) is 1. The highest BCUT2D eigenvalue weighted by Gasteiger charge is 2.33. The van der Waals surface area contributed by atoms with Gasteiger partial charge in [0.05, 0.1) is 11.7 Å². The van der Waals surface area contributed by atoms with Crippen molar-refractivity contribution in [3.05, 3.63) is 90.4 Å². The van der Waals surface area contributed by atoms with Crippen LogP contribution in [0.4, 0.5) is 17.2 Å². The van der Waals surface area contributed by atoms with Gasteiger partial charge in [-0.05, 0) is 42.8 Å². The van der Waals surface area contributed by atoms with E-state index in [0.717, 1.165) is 48.0 Å². The Morgan fingerprint density at radius 2 is 1.82 bits per heavy atom. The molecule has 0 aliphatic carbocycles. The number of hydrogen-bond acceptors (Lipinski definition) is 6. The van der Waals surface area contributed by atoms with E-state index in [2.05, 4.69) is 20.1 Å². The molecule has 2 aromatic heterocycles. The number of nitrogens with zero attached hydrogens (tertiary/aromatic N) is 4. The van der Waals surface area contributed by atoms with Crippen molar-refractivity contribution >= 4 is 28.9 Å². The zero-order chi connectivity index (χ0) is 26.2. The number of benzene rings is 2. The standard InChI is InChI=1S/C30H29N5O3/c1-20-16-24(21-8-4-3-5-9-21)28(33(20)2)29(36)30(37)32-22-11-12-25-26(17-22)38-19-23-18-34(14-15-35(23)25)27-10-6-7-13-31-27/h3-13,16-17,23H,14-15,18-19H2,1-2H3,(H,32,37). The first-order valence-corrected chi connectivity index (χ1v) is 12.8. The number of anilines is 3. The Morgan fingerprint density at radius 1 is 1.00 bits per heavy atom. The van der Waals surface area contributed by atoms with Crippen LogP contribution in [0.3, 0.4) is 0 Å². The highest BCUT2D eigenvalue weighted by atomic mass is 16.5. The number of ether oxygens (including phenoxy) is 1. The van der Waals surface area contributed by atoms with Crippen LogP contribution in [0.2, 0.25) is 0 Å². The molecule has 0 bridgehead atoms. The van der Waals surface area contributed by atoms with Gasteiger partial charge in [-0.3, -0.25) is 9.59 Å². The zero-order valence-electron chi connectivity index (χ0n) is 21.4. The quantitative estimate of drug-likeness (QED) is 0.321. The average Bonchev–Trinajstić information content (AvgIpc) is 3.26. The first-order valence-electron chi connectivity index (χ1n) is 12.8. The molecule has 1 atom stereocenters. The van der Waals surface area contributed by atoms with Crippen molar-refractivity contribution in [2.24, 2.45) is 7.05 Å². The maximum atomic E-state index is 13.3. The molecule has 1 unspecified atom stereocenters. The molecule has 4 aromatic rings. The lowest BCUT2D eigenvalue weighted by molar-refractivity contribution is -0.112. The summed E-state index contributed by atoms with van der Waals surface area (Å²) in [4.78, 5) is 35.5. The first-order chi connectivity index (χ1) is 18.5. The number of nitrogens with one attached hydrogen (secondary N) is 1. The summed E-state index contributed by atoms with van der Waals surface area (Å²) in [5.74, 6) is 0.423. The van der Waals surface area contributed by atoms with Gasteiger partial charge in [0.1, 0.15) is 23.9 Å². The van der Waals surface area contributed by atoms with E-state index in [1.54, 1.807) is 17.7 Å². The van der Waals surface area contributed by atoms with Gasteiger partial charge in [0.2, 0.25) is 0 Å². The second kappa shape index (κ2) is 9.70. The van der Waals surface area contributed by atoms with Gasteiger partial charge in [-0.15, -0.1) is 0 Å². The second-order valence-electron chi connectivity index (χ2n) is 9.73. The second-order valence-corrected chi connectivity index (χ2v) is 9.73. The SMILES string of the molecule is Cc1cc(-c2ccccc2)c(C(=O)C(=O)Nc2ccc3c(c2)OCC2CN(c4ccccn4)CCN32)n1C. The minimum atomic E-state index is -0.680. The molecule has 192 valence electrons. The van der Waals surface area contributed by atoms with Crippen molar-refractivity contribution in [1.82, 2.24) is 9.55 Å². The van der Waals surface area contributed by atoms with Crippen LogP contribution in [0.1, 0.15) is 16.2 Å². The van der Waals surface area contributed by atoms with Gasteiger partial charge in [-0.25, -0.2) is 4.98 Å². The highest BCUT2D eigenvalue weighted by Crippen LogP contribution is 2.38. The molecular formula is C30H29N5O3. The molecule has 1 fully saturated rings. The third kappa shape index (κ3) is 4.28. The van der Waals surface area contributed by atoms with Crippen LogP contribution in [-0.4, -0.2) is 53.5 Å². The number of carbonyl (C=O) groups is 2. The zero-order valence-corrected chi connectivity index (χ0v) is 21.4. The number of fused-ring (bicyclic) bond motifs is 3. The van der Waals surface area contributed by atoms with Gasteiger partial charge in [-0.1, -0.05) is 36.4 Å². The number of pyridine rings is 1. The summed E-state index contributed by atoms with van der Waals surface area (Å²) in [7, 11) is 1.80. The molecule has 6 rings (SSSR count). The largest absolute Gasteiger partial charge is 0.489 e. The molecule has 0 radical (unpaired) electrons. The molecule has 8 heteroatoms. The molecular weight excluding hydrogens is 478 g/mol. The maximum absolute atomic E-state index is 13.3. The Kier molecular flexibility index (Phi) is 6.07. The number of piperazine rings is 1. The number of amides is 1. The van der Waals surface area contributed by atoms with Crippen molar-refractivity contribution in [3.8, 4) is 16.9 Å². The number of Topliss-reactive ketones (excluding diaryl/α,β-unsaturated/α-hetero) is 1. The number of carbonyl (C=O) groups excluding carboxylic acids is 2. The van der Waals surface area contributed by atoms with Crippen LogP contribution in [0.15, 0.2) is 79.0 Å². The van der Waals surface area contributed by atoms with Crippen LogP contribution >= 0.6 is 0 Å². The molecule has 2 aromatic carbocycles. The van der Waals surface area contributed by atoms with E-state index in [9.17, 15) is 9.59 Å². The lowest BCUT2D eigenvalue weighted by Crippen LogP contribution is -2.57. The van der Waals surface area contributed by atoms with Crippen molar-refractivity contribution in [2.45, 2.75) is 13.0 Å². The lowest BCUT2D eigenvalue weighted by atomic mass is 10.0. The van der Waals surface area contributed by atoms with Crippen molar-refractivity contribution in [2.75, 3.05) is 41.4 Å². The predicted molar refractivity (Wildman–Crippen MR) is 148 cm³/mol. The fourth-order valence-electron chi connectivity index (χ4n) is 5.33. The van der Waals surface area contributed by atoms with Crippen molar-refractivity contribution in [3.63, 3.8) is 0 Å². The average molecular weight is 508 g/mol. The monoisotopic (exact) mass is 507 g/mol. The number of aryl methyl sites for hydroxylation is 1. The molecule has 1 saturated heterocycles. The minimum absolute atomic E-state index is 0.206. The molecule has 1 amide bonds. The summed E-state index contributed by atoms with van der Waals surface area (Å²) in [6.07, 6.45) is 1.82. The van der Waals surface area contributed by atoms with Crippen LogP contribution in [-0.2, 0) is 11.8 Å². The van der Waals surface area contributed by atoms with E-state index in [4.69, 9.17) is 4.74 Å². The van der Waals surface area contributed by atoms with Gasteiger partial charge >= 0.3 is 0 Å². The molecule has 8 nitrogen and oxygen atoms in total. The smallest absolute Gasteiger partial charge is 0.298 e. The fourth-order valence-corrected chi connectivity index (χ4v) is 5.33. The molecule has 4 heterocycles. The number of aromatic nitrogens is 2. The highest BCUT2D eigenvalue weighted by molar-refractivity contribution is 6.47. The summed E-state index contributed by atoms with van der Waals surface area (Å²) in [5.41, 5.74) is 4.44. The number of ketones is 1. The van der Waals surface area contributed by atoms with Crippen LogP contribution in [0.25, 0.3) is 11.1 Å². The summed E-state index contributed by atoms with van der Waals surface area (Å²) < 4.78 is 7.88. The summed E-state index contributed by atoms with van der Waals surface area (Å²) in [6.45, 7) is 4.99. The van der Waals surface area contributed by atoms with E-state index < -0.39 is 11.7 Å². The molecule has 0 saturated carbocycles. The third-order valence-corrected chi connectivity index (χ3v) is 7.39. The van der Waals surface area contributed by atoms with Crippen molar-refractivity contribution in [1.29, 1.82) is 0 Å². The number of rotatable bonds is 5. The third-order valence-electron chi connectivity index (χ3n) is 7.39. The topological polar surface area (TPSA) is 79.7 Å². The van der Waals surface area contributed by atoms with Gasteiger partial charge < -0.3 is 24.4 Å². The Hall–Kier alpha value is -4.59. The molecule has 2 aliphatic heterocycles.